The highest BCUT2D eigenvalue weighted by Crippen LogP contribution is 2.25. The third-order valence-corrected chi connectivity index (χ3v) is 1.13. The fourth-order valence-corrected chi connectivity index (χ4v) is 0.540. The maximum atomic E-state index is 4.91. The van der Waals surface area contributed by atoms with Gasteiger partial charge in [0.1, 0.15) is 12.2 Å². The van der Waals surface area contributed by atoms with Crippen LogP contribution in [0.25, 0.3) is 0 Å². The van der Waals surface area contributed by atoms with Crippen LogP contribution in [0.4, 0.5) is 0 Å². The molecule has 0 amide bonds. The summed E-state index contributed by atoms with van der Waals surface area (Å²) in [6.45, 7) is 1.87. The van der Waals surface area contributed by atoms with Crippen molar-refractivity contribution >= 4 is 0 Å². The monoisotopic (exact) mass is 86.0 g/mol. The van der Waals surface area contributed by atoms with E-state index >= 15 is 0 Å². The third kappa shape index (κ3) is 0.340. The van der Waals surface area contributed by atoms with Crippen molar-refractivity contribution < 1.29 is 9.47 Å². The molecular weight excluding hydrogens is 80.0 g/mol. The average molecular weight is 86.1 g/mol. The first kappa shape index (κ1) is 2.99. The Morgan fingerprint density at radius 2 is 1.33 bits per heavy atom. The van der Waals surface area contributed by atoms with Gasteiger partial charge in [-0.1, -0.05) is 0 Å². The molecule has 2 aliphatic rings. The minimum atomic E-state index is 0.491. The highest BCUT2D eigenvalue weighted by atomic mass is 16.6. The van der Waals surface area contributed by atoms with E-state index in [1.54, 1.807) is 0 Å². The van der Waals surface area contributed by atoms with Crippen LogP contribution in [0.5, 0.6) is 0 Å². The van der Waals surface area contributed by atoms with E-state index in [1.807, 2.05) is 0 Å². The smallest absolute Gasteiger partial charge is 0.109 e. The molecule has 0 bridgehead atoms. The Hall–Kier alpha value is -0.0800. The van der Waals surface area contributed by atoms with Gasteiger partial charge in [0.2, 0.25) is 0 Å². The molecular formula is C4H6O2. The van der Waals surface area contributed by atoms with Gasteiger partial charge < -0.3 is 9.47 Å². The second-order valence-electron chi connectivity index (χ2n) is 1.74. The summed E-state index contributed by atoms with van der Waals surface area (Å²) in [5.41, 5.74) is 0. The molecule has 6 heavy (non-hydrogen) atoms. The van der Waals surface area contributed by atoms with Crippen LogP contribution in [-0.4, -0.2) is 25.4 Å². The van der Waals surface area contributed by atoms with E-state index in [1.165, 1.54) is 0 Å². The minimum absolute atomic E-state index is 0.491. The molecule has 0 aromatic heterocycles. The van der Waals surface area contributed by atoms with Crippen molar-refractivity contribution in [2.75, 3.05) is 13.2 Å². The van der Waals surface area contributed by atoms with Crippen molar-refractivity contribution in [3.05, 3.63) is 0 Å². The predicted molar refractivity (Wildman–Crippen MR) is 19.5 cm³/mol. The molecule has 0 spiro atoms. The van der Waals surface area contributed by atoms with E-state index < -0.39 is 0 Å². The lowest BCUT2D eigenvalue weighted by Crippen LogP contribution is -1.92. The van der Waals surface area contributed by atoms with E-state index in [4.69, 9.17) is 9.47 Å². The predicted octanol–water partition coefficient (Wildman–Crippen LogP) is -0.216. The zero-order valence-electron chi connectivity index (χ0n) is 3.39. The van der Waals surface area contributed by atoms with E-state index in [0.29, 0.717) is 12.2 Å². The molecule has 2 saturated heterocycles. The number of epoxide rings is 2. The minimum Gasteiger partial charge on any atom is -0.370 e. The van der Waals surface area contributed by atoms with E-state index in [9.17, 15) is 0 Å². The number of ether oxygens (including phenoxy) is 2. The summed E-state index contributed by atoms with van der Waals surface area (Å²) < 4.78 is 9.81. The first-order valence-corrected chi connectivity index (χ1v) is 2.20. The van der Waals surface area contributed by atoms with Crippen LogP contribution in [0, 0.1) is 0 Å². The Kier molecular flexibility index (Phi) is 0.383. The van der Waals surface area contributed by atoms with Crippen LogP contribution in [0.15, 0.2) is 0 Å². The van der Waals surface area contributed by atoms with E-state index in [2.05, 4.69) is 0 Å². The van der Waals surface area contributed by atoms with Crippen LogP contribution in [0.3, 0.4) is 0 Å². The lowest BCUT2D eigenvalue weighted by Gasteiger charge is -1.70. The maximum Gasteiger partial charge on any atom is 0.109 e. The zero-order valence-corrected chi connectivity index (χ0v) is 3.39. The van der Waals surface area contributed by atoms with Gasteiger partial charge in [-0.25, -0.2) is 0 Å². The molecule has 2 fully saturated rings. The van der Waals surface area contributed by atoms with Gasteiger partial charge in [-0.05, 0) is 0 Å². The van der Waals surface area contributed by atoms with Gasteiger partial charge in [0.15, 0.2) is 0 Å². The van der Waals surface area contributed by atoms with Crippen LogP contribution >= 0.6 is 0 Å². The maximum absolute atomic E-state index is 4.91. The molecule has 2 atom stereocenters. The average Bonchev–Trinajstić information content (AvgIpc) is 2.26. The lowest BCUT2D eigenvalue weighted by molar-refractivity contribution is 0.325. The molecule has 1 unspecified atom stereocenters. The van der Waals surface area contributed by atoms with Gasteiger partial charge >= 0.3 is 0 Å². The topological polar surface area (TPSA) is 25.1 Å². The SMILES string of the molecule is C1OC1[C@H]1CO1. The summed E-state index contributed by atoms with van der Waals surface area (Å²) in [5.74, 6) is 0. The highest BCUT2D eigenvalue weighted by Gasteiger charge is 2.41. The fraction of sp³-hybridized carbons (Fsp3) is 1.00. The van der Waals surface area contributed by atoms with Gasteiger partial charge in [-0.2, -0.15) is 0 Å². The molecule has 2 nitrogen and oxygen atoms in total. The lowest BCUT2D eigenvalue weighted by atomic mass is 10.4. The Bertz CT molecular complexity index is 53.9. The molecule has 0 aromatic rings. The fourth-order valence-electron chi connectivity index (χ4n) is 0.540. The van der Waals surface area contributed by atoms with Gasteiger partial charge in [0, 0.05) is 0 Å². The third-order valence-electron chi connectivity index (χ3n) is 1.13. The molecule has 0 aromatic carbocycles. The molecule has 2 aliphatic heterocycles. The van der Waals surface area contributed by atoms with E-state index in [0.717, 1.165) is 13.2 Å². The molecule has 2 heteroatoms. The molecule has 0 N–H and O–H groups in total. The number of hydrogen-bond donors (Lipinski definition) is 0. The summed E-state index contributed by atoms with van der Waals surface area (Å²) in [6.07, 6.45) is 0.981. The normalized spacial score (nSPS) is 52.0. The Morgan fingerprint density at radius 1 is 1.00 bits per heavy atom. The van der Waals surface area contributed by atoms with Crippen LogP contribution in [0.2, 0.25) is 0 Å². The zero-order chi connectivity index (χ0) is 3.98. The first-order chi connectivity index (χ1) is 2.97. The molecule has 0 saturated carbocycles. The van der Waals surface area contributed by atoms with Crippen molar-refractivity contribution in [1.82, 2.24) is 0 Å². The highest BCUT2D eigenvalue weighted by molar-refractivity contribution is 4.86. The van der Waals surface area contributed by atoms with Crippen LogP contribution < -0.4 is 0 Å². The largest absolute Gasteiger partial charge is 0.370 e. The molecule has 0 aliphatic carbocycles. The summed E-state index contributed by atoms with van der Waals surface area (Å²) in [7, 11) is 0. The Balaban J connectivity index is 1.92. The first-order valence-electron chi connectivity index (χ1n) is 2.20. The molecule has 0 radical (unpaired) electrons. The standard InChI is InChI=1S/C4H6O2/c1-3(5-1)4-2-6-4/h3-4H,1-2H2/t3-,4?/m1/s1. The van der Waals surface area contributed by atoms with Gasteiger partial charge in [0.05, 0.1) is 13.2 Å². The second-order valence-corrected chi connectivity index (χ2v) is 1.74. The van der Waals surface area contributed by atoms with Gasteiger partial charge in [0.25, 0.3) is 0 Å². The van der Waals surface area contributed by atoms with Crippen molar-refractivity contribution in [2.24, 2.45) is 0 Å². The van der Waals surface area contributed by atoms with Crippen molar-refractivity contribution in [3.8, 4) is 0 Å². The van der Waals surface area contributed by atoms with Crippen molar-refractivity contribution in [1.29, 1.82) is 0 Å². The summed E-state index contributed by atoms with van der Waals surface area (Å²) in [4.78, 5) is 0. The Morgan fingerprint density at radius 3 is 1.50 bits per heavy atom. The number of rotatable bonds is 1. The quantitative estimate of drug-likeness (QED) is 0.412. The van der Waals surface area contributed by atoms with E-state index in [-0.39, 0.29) is 0 Å². The Labute approximate surface area is 36.0 Å². The van der Waals surface area contributed by atoms with Crippen LogP contribution in [-0.2, 0) is 9.47 Å². The molecule has 34 valence electrons. The summed E-state index contributed by atoms with van der Waals surface area (Å²) in [6, 6.07) is 0. The van der Waals surface area contributed by atoms with Gasteiger partial charge in [-0.15, -0.1) is 0 Å². The van der Waals surface area contributed by atoms with Crippen molar-refractivity contribution in [3.63, 3.8) is 0 Å². The summed E-state index contributed by atoms with van der Waals surface area (Å²) in [5, 5.41) is 0. The second kappa shape index (κ2) is 0.768. The number of hydrogen-bond acceptors (Lipinski definition) is 2. The molecule has 2 heterocycles. The molecule has 2 rings (SSSR count). The summed E-state index contributed by atoms with van der Waals surface area (Å²) >= 11 is 0. The van der Waals surface area contributed by atoms with Crippen LogP contribution in [0.1, 0.15) is 0 Å². The van der Waals surface area contributed by atoms with Crippen molar-refractivity contribution in [2.45, 2.75) is 12.2 Å². The van der Waals surface area contributed by atoms with Gasteiger partial charge in [-0.3, -0.25) is 0 Å².